The molecular formula is C19H28N4O2. The van der Waals surface area contributed by atoms with Gasteiger partial charge in [0.1, 0.15) is 11.5 Å². The van der Waals surface area contributed by atoms with E-state index in [-0.39, 0.29) is 11.9 Å². The van der Waals surface area contributed by atoms with Gasteiger partial charge in [-0.1, -0.05) is 6.92 Å². The van der Waals surface area contributed by atoms with Crippen LogP contribution in [0.15, 0.2) is 16.5 Å². The highest BCUT2D eigenvalue weighted by Gasteiger charge is 2.31. The third kappa shape index (κ3) is 3.79. The summed E-state index contributed by atoms with van der Waals surface area (Å²) in [4.78, 5) is 14.9. The molecule has 2 aromatic rings. The van der Waals surface area contributed by atoms with Crippen molar-refractivity contribution in [2.75, 3.05) is 18.4 Å². The molecule has 0 spiro atoms. The molecule has 0 bridgehead atoms. The third-order valence-corrected chi connectivity index (χ3v) is 5.19. The standard InChI is InChI=1S/C19H28N4O2/c1-12-8-9-23(16(10-12)17-7-6-13(2)25-17)11-18(24)20-19-14(3)21-22(5)15(19)4/h6-7,12,16H,8-11H2,1-5H3,(H,20,24). The van der Waals surface area contributed by atoms with E-state index in [1.807, 2.05) is 40.0 Å². The van der Waals surface area contributed by atoms with Gasteiger partial charge in [-0.2, -0.15) is 5.10 Å². The largest absolute Gasteiger partial charge is 0.465 e. The molecule has 1 aliphatic heterocycles. The maximum atomic E-state index is 12.6. The smallest absolute Gasteiger partial charge is 0.238 e. The molecule has 136 valence electrons. The molecule has 1 aliphatic rings. The lowest BCUT2D eigenvalue weighted by atomic mass is 9.91. The number of hydrogen-bond acceptors (Lipinski definition) is 4. The van der Waals surface area contributed by atoms with Crippen LogP contribution in [-0.2, 0) is 11.8 Å². The van der Waals surface area contributed by atoms with Gasteiger partial charge in [-0.15, -0.1) is 0 Å². The number of amides is 1. The first kappa shape index (κ1) is 17.7. The minimum absolute atomic E-state index is 0.00188. The van der Waals surface area contributed by atoms with E-state index in [9.17, 15) is 4.79 Å². The second-order valence-corrected chi connectivity index (χ2v) is 7.28. The van der Waals surface area contributed by atoms with E-state index in [1.54, 1.807) is 4.68 Å². The summed E-state index contributed by atoms with van der Waals surface area (Å²) in [5.74, 6) is 2.52. The van der Waals surface area contributed by atoms with Crippen molar-refractivity contribution in [2.45, 2.75) is 46.6 Å². The number of nitrogens with one attached hydrogen (secondary N) is 1. The molecule has 1 fully saturated rings. The van der Waals surface area contributed by atoms with E-state index in [0.29, 0.717) is 12.5 Å². The highest BCUT2D eigenvalue weighted by atomic mass is 16.3. The second-order valence-electron chi connectivity index (χ2n) is 7.28. The summed E-state index contributed by atoms with van der Waals surface area (Å²) in [6.45, 7) is 9.38. The molecule has 0 aromatic carbocycles. The van der Waals surface area contributed by atoms with Gasteiger partial charge in [0, 0.05) is 7.05 Å². The predicted molar refractivity (Wildman–Crippen MR) is 97.5 cm³/mol. The average molecular weight is 344 g/mol. The van der Waals surface area contributed by atoms with Crippen LogP contribution in [-0.4, -0.2) is 33.7 Å². The number of furan rings is 1. The van der Waals surface area contributed by atoms with Crippen molar-refractivity contribution in [3.05, 3.63) is 35.0 Å². The zero-order valence-corrected chi connectivity index (χ0v) is 15.8. The number of nitrogens with zero attached hydrogens (tertiary/aromatic N) is 3. The molecule has 1 amide bonds. The Bertz CT molecular complexity index is 762. The van der Waals surface area contributed by atoms with E-state index in [4.69, 9.17) is 4.42 Å². The summed E-state index contributed by atoms with van der Waals surface area (Å²) in [6.07, 6.45) is 2.12. The molecule has 6 heteroatoms. The maximum absolute atomic E-state index is 12.6. The topological polar surface area (TPSA) is 63.3 Å². The van der Waals surface area contributed by atoms with Crippen LogP contribution in [0.3, 0.4) is 0 Å². The molecule has 0 aliphatic carbocycles. The van der Waals surface area contributed by atoms with Crippen molar-refractivity contribution in [3.8, 4) is 0 Å². The molecule has 0 saturated carbocycles. The van der Waals surface area contributed by atoms with E-state index < -0.39 is 0 Å². The Morgan fingerprint density at radius 1 is 1.36 bits per heavy atom. The molecule has 2 atom stereocenters. The summed E-state index contributed by atoms with van der Waals surface area (Å²) in [6, 6.07) is 4.20. The Morgan fingerprint density at radius 3 is 2.72 bits per heavy atom. The van der Waals surface area contributed by atoms with E-state index in [2.05, 4.69) is 22.2 Å². The number of carbonyl (C=O) groups is 1. The summed E-state index contributed by atoms with van der Waals surface area (Å²) in [7, 11) is 1.89. The van der Waals surface area contributed by atoms with Gasteiger partial charge in [0.2, 0.25) is 5.91 Å². The molecule has 6 nitrogen and oxygen atoms in total. The van der Waals surface area contributed by atoms with Crippen molar-refractivity contribution in [2.24, 2.45) is 13.0 Å². The summed E-state index contributed by atoms with van der Waals surface area (Å²) < 4.78 is 7.65. The van der Waals surface area contributed by atoms with Crippen LogP contribution in [0, 0.1) is 26.7 Å². The van der Waals surface area contributed by atoms with Crippen LogP contribution in [0.25, 0.3) is 0 Å². The highest BCUT2D eigenvalue weighted by Crippen LogP contribution is 2.34. The molecule has 1 N–H and O–H groups in total. The Hall–Kier alpha value is -2.08. The zero-order valence-electron chi connectivity index (χ0n) is 15.8. The Labute approximate surface area is 149 Å². The van der Waals surface area contributed by atoms with E-state index >= 15 is 0 Å². The van der Waals surface area contributed by atoms with Crippen molar-refractivity contribution >= 4 is 11.6 Å². The molecule has 3 heterocycles. The Balaban J connectivity index is 1.72. The first-order valence-electron chi connectivity index (χ1n) is 8.95. The first-order valence-corrected chi connectivity index (χ1v) is 8.95. The van der Waals surface area contributed by atoms with Gasteiger partial charge < -0.3 is 9.73 Å². The minimum Gasteiger partial charge on any atom is -0.465 e. The number of hydrogen-bond donors (Lipinski definition) is 1. The quantitative estimate of drug-likeness (QED) is 0.924. The lowest BCUT2D eigenvalue weighted by Gasteiger charge is -2.36. The van der Waals surface area contributed by atoms with Crippen LogP contribution < -0.4 is 5.32 Å². The third-order valence-electron chi connectivity index (χ3n) is 5.19. The molecule has 25 heavy (non-hydrogen) atoms. The van der Waals surface area contributed by atoms with Crippen molar-refractivity contribution in [1.29, 1.82) is 0 Å². The van der Waals surface area contributed by atoms with Crippen molar-refractivity contribution < 1.29 is 9.21 Å². The summed E-state index contributed by atoms with van der Waals surface area (Å²) >= 11 is 0. The fourth-order valence-electron chi connectivity index (χ4n) is 3.63. The zero-order chi connectivity index (χ0) is 18.1. The maximum Gasteiger partial charge on any atom is 0.238 e. The second kappa shape index (κ2) is 7.04. The molecule has 0 radical (unpaired) electrons. The lowest BCUT2D eigenvalue weighted by molar-refractivity contribution is -0.118. The minimum atomic E-state index is 0.00188. The molecule has 2 aromatic heterocycles. The van der Waals surface area contributed by atoms with Crippen LogP contribution in [0.4, 0.5) is 5.69 Å². The highest BCUT2D eigenvalue weighted by molar-refractivity contribution is 5.93. The van der Waals surface area contributed by atoms with Gasteiger partial charge in [0.05, 0.1) is 29.7 Å². The molecule has 3 rings (SSSR count). The number of likely N-dealkylation sites (tertiary alicyclic amines) is 1. The van der Waals surface area contributed by atoms with E-state index in [1.165, 1.54) is 0 Å². The van der Waals surface area contributed by atoms with Crippen LogP contribution in [0.5, 0.6) is 0 Å². The van der Waals surface area contributed by atoms with Gasteiger partial charge in [-0.25, -0.2) is 0 Å². The van der Waals surface area contributed by atoms with Crippen molar-refractivity contribution in [3.63, 3.8) is 0 Å². The Kier molecular flexibility index (Phi) is 4.99. The predicted octanol–water partition coefficient (Wildman–Crippen LogP) is 3.35. The molecule has 1 saturated heterocycles. The average Bonchev–Trinajstić information content (AvgIpc) is 3.08. The SMILES string of the molecule is Cc1ccc(C2CC(C)CCN2CC(=O)Nc2c(C)nn(C)c2C)o1. The number of rotatable bonds is 4. The number of anilines is 1. The normalized spacial score (nSPS) is 21.5. The number of aryl methyl sites for hydroxylation is 3. The van der Waals surface area contributed by atoms with Crippen molar-refractivity contribution in [1.82, 2.24) is 14.7 Å². The molecular weight excluding hydrogens is 316 g/mol. The van der Waals surface area contributed by atoms with Crippen LogP contribution >= 0.6 is 0 Å². The van der Waals surface area contributed by atoms with Gasteiger partial charge in [0.25, 0.3) is 0 Å². The summed E-state index contributed by atoms with van der Waals surface area (Å²) in [5, 5.41) is 7.40. The lowest BCUT2D eigenvalue weighted by Crippen LogP contribution is -2.41. The van der Waals surface area contributed by atoms with Gasteiger partial charge in [0.15, 0.2) is 0 Å². The fraction of sp³-hybridized carbons (Fsp3) is 0.579. The summed E-state index contributed by atoms with van der Waals surface area (Å²) in [5.41, 5.74) is 2.64. The Morgan fingerprint density at radius 2 is 2.12 bits per heavy atom. The number of carbonyl (C=O) groups excluding carboxylic acids is 1. The van der Waals surface area contributed by atoms with E-state index in [0.717, 1.165) is 48.0 Å². The van der Waals surface area contributed by atoms with Crippen LogP contribution in [0.2, 0.25) is 0 Å². The van der Waals surface area contributed by atoms with Gasteiger partial charge in [-0.3, -0.25) is 14.4 Å². The monoisotopic (exact) mass is 344 g/mol. The molecule has 2 unspecified atom stereocenters. The van der Waals surface area contributed by atoms with Crippen LogP contribution in [0.1, 0.15) is 48.7 Å². The fourth-order valence-corrected chi connectivity index (χ4v) is 3.63. The number of piperidine rings is 1. The first-order chi connectivity index (χ1) is 11.8. The van der Waals surface area contributed by atoms with Gasteiger partial charge in [-0.05, 0) is 58.2 Å². The van der Waals surface area contributed by atoms with Gasteiger partial charge >= 0.3 is 0 Å². The number of aromatic nitrogens is 2.